The first-order valence-corrected chi connectivity index (χ1v) is 7.28. The molecule has 1 aromatic rings. The Morgan fingerprint density at radius 3 is 3.00 bits per heavy atom. The van der Waals surface area contributed by atoms with Crippen molar-refractivity contribution in [2.75, 3.05) is 13.1 Å². The van der Waals surface area contributed by atoms with Crippen LogP contribution in [0.1, 0.15) is 44.8 Å². The van der Waals surface area contributed by atoms with Gasteiger partial charge in [-0.3, -0.25) is 0 Å². The molecule has 0 amide bonds. The maximum Gasteiger partial charge on any atom is 0.191 e. The maximum absolute atomic E-state index is 4.58. The van der Waals surface area contributed by atoms with Crippen LogP contribution in [0.15, 0.2) is 4.99 Å². The highest BCUT2D eigenvalue weighted by atomic mass is 15.3. The molecule has 6 nitrogen and oxygen atoms in total. The van der Waals surface area contributed by atoms with Crippen molar-refractivity contribution in [3.05, 3.63) is 11.6 Å². The lowest BCUT2D eigenvalue weighted by Gasteiger charge is -2.10. The molecule has 0 saturated carbocycles. The number of aryl methyl sites for hydroxylation is 1. The van der Waals surface area contributed by atoms with Gasteiger partial charge >= 0.3 is 0 Å². The second-order valence-electron chi connectivity index (χ2n) is 4.76. The number of aromatic nitrogens is 3. The molecule has 0 saturated heterocycles. The molecule has 0 atom stereocenters. The fourth-order valence-electron chi connectivity index (χ4n) is 2.20. The van der Waals surface area contributed by atoms with Crippen molar-refractivity contribution in [2.24, 2.45) is 4.99 Å². The van der Waals surface area contributed by atoms with E-state index in [0.717, 1.165) is 50.1 Å². The second kappa shape index (κ2) is 7.11. The summed E-state index contributed by atoms with van der Waals surface area (Å²) in [5.41, 5.74) is 0. The normalized spacial score (nSPS) is 14.5. The average molecular weight is 264 g/mol. The van der Waals surface area contributed by atoms with Crippen LogP contribution >= 0.6 is 0 Å². The summed E-state index contributed by atoms with van der Waals surface area (Å²) < 4.78 is 2.19. The van der Waals surface area contributed by atoms with Gasteiger partial charge in [0, 0.05) is 26.1 Å². The Morgan fingerprint density at radius 1 is 1.32 bits per heavy atom. The van der Waals surface area contributed by atoms with Crippen molar-refractivity contribution < 1.29 is 0 Å². The predicted octanol–water partition coefficient (Wildman–Crippen LogP) is 1.08. The third-order valence-electron chi connectivity index (χ3n) is 3.23. The lowest BCUT2D eigenvalue weighted by molar-refractivity contribution is 0.681. The fraction of sp³-hybridized carbons (Fsp3) is 0.769. The molecule has 0 radical (unpaired) electrons. The summed E-state index contributed by atoms with van der Waals surface area (Å²) in [5.74, 6) is 2.95. The van der Waals surface area contributed by atoms with E-state index in [1.165, 1.54) is 12.8 Å². The number of nitrogens with one attached hydrogen (secondary N) is 2. The molecule has 19 heavy (non-hydrogen) atoms. The Labute approximate surface area is 114 Å². The standard InChI is InChI=1S/C13H24N6/c1-3-5-8-15-13(14-4-2)16-10-12-18-17-11-7-6-9-19(11)12/h3-10H2,1-2H3,(H2,14,15,16). The highest BCUT2D eigenvalue weighted by Crippen LogP contribution is 2.14. The first-order chi connectivity index (χ1) is 9.35. The Hall–Kier alpha value is -1.59. The number of rotatable bonds is 6. The number of unbranched alkanes of at least 4 members (excludes halogenated alkanes) is 1. The van der Waals surface area contributed by atoms with Crippen LogP contribution in [0, 0.1) is 0 Å². The number of fused-ring (bicyclic) bond motifs is 1. The number of hydrogen-bond acceptors (Lipinski definition) is 3. The summed E-state index contributed by atoms with van der Waals surface area (Å²) in [5, 5.41) is 15.0. The third kappa shape index (κ3) is 3.68. The van der Waals surface area contributed by atoms with E-state index in [2.05, 4.69) is 44.2 Å². The van der Waals surface area contributed by atoms with Crippen LogP contribution in [-0.4, -0.2) is 33.8 Å². The van der Waals surface area contributed by atoms with Crippen LogP contribution in [0.3, 0.4) is 0 Å². The van der Waals surface area contributed by atoms with E-state index in [-0.39, 0.29) is 0 Å². The Balaban J connectivity index is 1.92. The molecule has 2 N–H and O–H groups in total. The lowest BCUT2D eigenvalue weighted by Crippen LogP contribution is -2.37. The molecule has 1 aromatic heterocycles. The van der Waals surface area contributed by atoms with E-state index in [0.29, 0.717) is 6.54 Å². The summed E-state index contributed by atoms with van der Waals surface area (Å²) in [6.07, 6.45) is 4.57. The van der Waals surface area contributed by atoms with Gasteiger partial charge in [0.25, 0.3) is 0 Å². The molecule has 2 rings (SSSR count). The largest absolute Gasteiger partial charge is 0.357 e. The van der Waals surface area contributed by atoms with Crippen molar-refractivity contribution in [1.29, 1.82) is 0 Å². The van der Waals surface area contributed by atoms with Gasteiger partial charge in [-0.15, -0.1) is 10.2 Å². The van der Waals surface area contributed by atoms with Crippen LogP contribution in [0.2, 0.25) is 0 Å². The van der Waals surface area contributed by atoms with E-state index in [1.807, 2.05) is 0 Å². The zero-order valence-corrected chi connectivity index (χ0v) is 11.9. The number of aliphatic imine (C=N–C) groups is 1. The molecule has 106 valence electrons. The summed E-state index contributed by atoms with van der Waals surface area (Å²) in [4.78, 5) is 4.58. The Kier molecular flexibility index (Phi) is 5.18. The monoisotopic (exact) mass is 264 g/mol. The van der Waals surface area contributed by atoms with Gasteiger partial charge in [0.2, 0.25) is 0 Å². The number of hydrogen-bond donors (Lipinski definition) is 2. The van der Waals surface area contributed by atoms with Crippen molar-refractivity contribution >= 4 is 5.96 Å². The summed E-state index contributed by atoms with van der Waals surface area (Å²) in [6.45, 7) is 7.72. The van der Waals surface area contributed by atoms with Crippen LogP contribution < -0.4 is 10.6 Å². The van der Waals surface area contributed by atoms with Gasteiger partial charge in [-0.05, 0) is 19.8 Å². The molecule has 0 unspecified atom stereocenters. The minimum atomic E-state index is 0.592. The number of guanidine groups is 1. The van der Waals surface area contributed by atoms with Crippen LogP contribution in [0.5, 0.6) is 0 Å². The summed E-state index contributed by atoms with van der Waals surface area (Å²) in [7, 11) is 0. The maximum atomic E-state index is 4.58. The van der Waals surface area contributed by atoms with Crippen LogP contribution in [-0.2, 0) is 19.5 Å². The molecule has 0 fully saturated rings. The fourth-order valence-corrected chi connectivity index (χ4v) is 2.20. The van der Waals surface area contributed by atoms with Gasteiger partial charge in [0.1, 0.15) is 12.4 Å². The van der Waals surface area contributed by atoms with Crippen molar-refractivity contribution in [1.82, 2.24) is 25.4 Å². The molecule has 0 aromatic carbocycles. The van der Waals surface area contributed by atoms with Gasteiger partial charge in [-0.2, -0.15) is 0 Å². The van der Waals surface area contributed by atoms with Gasteiger partial charge in [0.15, 0.2) is 11.8 Å². The van der Waals surface area contributed by atoms with Gasteiger partial charge < -0.3 is 15.2 Å². The molecule has 0 spiro atoms. The minimum Gasteiger partial charge on any atom is -0.357 e. The number of nitrogens with zero attached hydrogens (tertiary/aromatic N) is 4. The Bertz CT molecular complexity index is 423. The first-order valence-electron chi connectivity index (χ1n) is 7.28. The molecule has 1 aliphatic heterocycles. The van der Waals surface area contributed by atoms with Crippen molar-refractivity contribution in [3.8, 4) is 0 Å². The predicted molar refractivity (Wildman–Crippen MR) is 76.1 cm³/mol. The smallest absolute Gasteiger partial charge is 0.191 e. The van der Waals surface area contributed by atoms with Crippen LogP contribution in [0.25, 0.3) is 0 Å². The quantitative estimate of drug-likeness (QED) is 0.458. The molecule has 0 aliphatic carbocycles. The highest BCUT2D eigenvalue weighted by molar-refractivity contribution is 5.79. The Morgan fingerprint density at radius 2 is 2.21 bits per heavy atom. The zero-order valence-electron chi connectivity index (χ0n) is 11.9. The van der Waals surface area contributed by atoms with Crippen molar-refractivity contribution in [3.63, 3.8) is 0 Å². The van der Waals surface area contributed by atoms with E-state index in [1.54, 1.807) is 0 Å². The molecule has 0 bridgehead atoms. The molecular weight excluding hydrogens is 240 g/mol. The SMILES string of the molecule is CCCCNC(=NCc1nnc2n1CCC2)NCC. The van der Waals surface area contributed by atoms with E-state index >= 15 is 0 Å². The van der Waals surface area contributed by atoms with Gasteiger partial charge in [-0.1, -0.05) is 13.3 Å². The minimum absolute atomic E-state index is 0.592. The molecule has 2 heterocycles. The summed E-state index contributed by atoms with van der Waals surface area (Å²) in [6, 6.07) is 0. The summed E-state index contributed by atoms with van der Waals surface area (Å²) >= 11 is 0. The van der Waals surface area contributed by atoms with Crippen LogP contribution in [0.4, 0.5) is 0 Å². The average Bonchev–Trinajstić information content (AvgIpc) is 2.99. The topological polar surface area (TPSA) is 67.1 Å². The highest BCUT2D eigenvalue weighted by Gasteiger charge is 2.16. The second-order valence-corrected chi connectivity index (χ2v) is 4.76. The van der Waals surface area contributed by atoms with E-state index in [9.17, 15) is 0 Å². The van der Waals surface area contributed by atoms with Gasteiger partial charge in [-0.25, -0.2) is 4.99 Å². The van der Waals surface area contributed by atoms with E-state index in [4.69, 9.17) is 0 Å². The lowest BCUT2D eigenvalue weighted by atomic mass is 10.3. The molecular formula is C13H24N6. The van der Waals surface area contributed by atoms with Gasteiger partial charge in [0.05, 0.1) is 0 Å². The molecule has 1 aliphatic rings. The first kappa shape index (κ1) is 13.8. The molecule has 6 heteroatoms. The zero-order chi connectivity index (χ0) is 13.5. The van der Waals surface area contributed by atoms with E-state index < -0.39 is 0 Å². The van der Waals surface area contributed by atoms with Crippen molar-refractivity contribution in [2.45, 2.75) is 52.6 Å². The third-order valence-corrected chi connectivity index (χ3v) is 3.23.